The predicted octanol–water partition coefficient (Wildman–Crippen LogP) is 4.00. The summed E-state index contributed by atoms with van der Waals surface area (Å²) in [6.07, 6.45) is 1.79. The number of anilines is 1. The molecule has 120 valence electrons. The van der Waals surface area contributed by atoms with E-state index in [1.807, 2.05) is 32.9 Å². The van der Waals surface area contributed by atoms with Crippen molar-refractivity contribution in [2.75, 3.05) is 5.73 Å². The number of carbonyl (C=O) groups excluding carboxylic acids is 1. The van der Waals surface area contributed by atoms with Gasteiger partial charge in [-0.05, 0) is 44.7 Å². The van der Waals surface area contributed by atoms with Gasteiger partial charge in [-0.2, -0.15) is 0 Å². The first-order chi connectivity index (χ1) is 10.2. The third kappa shape index (κ3) is 3.58. The van der Waals surface area contributed by atoms with E-state index in [1.54, 1.807) is 0 Å². The lowest BCUT2D eigenvalue weighted by atomic mass is 10.0. The summed E-state index contributed by atoms with van der Waals surface area (Å²) in [5.41, 5.74) is 7.50. The maximum absolute atomic E-state index is 12.5. The molecular formula is C17H25N3OS. The molecule has 0 radical (unpaired) electrons. The highest BCUT2D eigenvalue weighted by atomic mass is 32.1. The molecule has 2 aromatic rings. The molecule has 2 aromatic heterocycles. The van der Waals surface area contributed by atoms with Gasteiger partial charge >= 0.3 is 0 Å². The van der Waals surface area contributed by atoms with Crippen molar-refractivity contribution in [1.82, 2.24) is 10.3 Å². The second-order valence-corrected chi connectivity index (χ2v) is 7.79. The summed E-state index contributed by atoms with van der Waals surface area (Å²) in [6.45, 7) is 10.4. The van der Waals surface area contributed by atoms with Gasteiger partial charge in [-0.1, -0.05) is 20.8 Å². The molecule has 5 heteroatoms. The van der Waals surface area contributed by atoms with Gasteiger partial charge in [0.1, 0.15) is 9.71 Å². The van der Waals surface area contributed by atoms with Crippen molar-refractivity contribution in [3.8, 4) is 0 Å². The summed E-state index contributed by atoms with van der Waals surface area (Å²) in [5, 5.41) is 3.91. The van der Waals surface area contributed by atoms with Crippen LogP contribution in [0.3, 0.4) is 0 Å². The van der Waals surface area contributed by atoms with Crippen LogP contribution in [0.5, 0.6) is 0 Å². The number of carbonyl (C=O) groups is 1. The molecule has 0 saturated carbocycles. The van der Waals surface area contributed by atoms with Gasteiger partial charge in [-0.3, -0.25) is 4.79 Å². The van der Waals surface area contributed by atoms with E-state index >= 15 is 0 Å². The Hall–Kier alpha value is -1.62. The Morgan fingerprint density at radius 2 is 2.09 bits per heavy atom. The van der Waals surface area contributed by atoms with E-state index in [4.69, 9.17) is 5.73 Å². The van der Waals surface area contributed by atoms with Crippen LogP contribution in [-0.2, 0) is 6.42 Å². The van der Waals surface area contributed by atoms with Crippen LogP contribution in [0, 0.1) is 5.92 Å². The Morgan fingerprint density at radius 1 is 1.41 bits per heavy atom. The number of hydrogen-bond acceptors (Lipinski definition) is 4. The molecule has 4 nitrogen and oxygen atoms in total. The van der Waals surface area contributed by atoms with E-state index in [2.05, 4.69) is 24.1 Å². The first kappa shape index (κ1) is 16.7. The van der Waals surface area contributed by atoms with E-state index < -0.39 is 0 Å². The van der Waals surface area contributed by atoms with Crippen molar-refractivity contribution in [3.05, 3.63) is 22.7 Å². The number of nitrogens with two attached hydrogens (primary N) is 1. The highest BCUT2D eigenvalue weighted by molar-refractivity contribution is 7.21. The molecule has 1 amide bonds. The minimum Gasteiger partial charge on any atom is -0.397 e. The molecule has 22 heavy (non-hydrogen) atoms. The Morgan fingerprint density at radius 3 is 2.68 bits per heavy atom. The molecule has 0 aliphatic carbocycles. The Kier molecular flexibility index (Phi) is 4.75. The molecule has 0 aliphatic rings. The number of nitrogens with one attached hydrogen (secondary N) is 1. The molecule has 0 bridgehead atoms. The number of amides is 1. The van der Waals surface area contributed by atoms with Gasteiger partial charge in [0.2, 0.25) is 0 Å². The average molecular weight is 319 g/mol. The number of rotatable bonds is 5. The molecular weight excluding hydrogens is 294 g/mol. The molecule has 0 atom stereocenters. The number of thiophene rings is 1. The average Bonchev–Trinajstić information content (AvgIpc) is 2.74. The van der Waals surface area contributed by atoms with Gasteiger partial charge in [0.15, 0.2) is 0 Å². The summed E-state index contributed by atoms with van der Waals surface area (Å²) in [4.78, 5) is 18.5. The highest BCUT2D eigenvalue weighted by Gasteiger charge is 2.23. The lowest BCUT2D eigenvalue weighted by Crippen LogP contribution is -2.42. The quantitative estimate of drug-likeness (QED) is 0.875. The third-order valence-electron chi connectivity index (χ3n) is 3.81. The zero-order valence-electron chi connectivity index (χ0n) is 14.0. The standard InChI is InChI=1S/C17H25N3OS/c1-6-17(4,5)20-15(21)14-13(18)12-8-7-11(9-10(2)3)19-16(12)22-14/h7-8,10H,6,9,18H2,1-5H3,(H,20,21). The molecule has 3 N–H and O–H groups in total. The van der Waals surface area contributed by atoms with Crippen molar-refractivity contribution in [2.45, 2.75) is 53.0 Å². The van der Waals surface area contributed by atoms with Gasteiger partial charge in [0, 0.05) is 16.6 Å². The summed E-state index contributed by atoms with van der Waals surface area (Å²) in [6, 6.07) is 3.98. The van der Waals surface area contributed by atoms with E-state index in [9.17, 15) is 4.79 Å². The smallest absolute Gasteiger partial charge is 0.263 e. The zero-order valence-corrected chi connectivity index (χ0v) is 14.8. The van der Waals surface area contributed by atoms with Gasteiger partial charge in [0.05, 0.1) is 5.69 Å². The van der Waals surface area contributed by atoms with E-state index in [0.717, 1.165) is 28.8 Å². The molecule has 2 rings (SSSR count). The highest BCUT2D eigenvalue weighted by Crippen LogP contribution is 2.33. The Bertz CT molecular complexity index is 689. The number of hydrogen-bond donors (Lipinski definition) is 2. The SMILES string of the molecule is CCC(C)(C)NC(=O)c1sc2nc(CC(C)C)ccc2c1N. The maximum atomic E-state index is 12.5. The van der Waals surface area contributed by atoms with E-state index in [1.165, 1.54) is 11.3 Å². The fraction of sp³-hybridized carbons (Fsp3) is 0.529. The molecule has 0 unspecified atom stereocenters. The van der Waals surface area contributed by atoms with Crippen molar-refractivity contribution in [1.29, 1.82) is 0 Å². The van der Waals surface area contributed by atoms with Crippen molar-refractivity contribution >= 4 is 33.1 Å². The topological polar surface area (TPSA) is 68.0 Å². The van der Waals surface area contributed by atoms with Crippen LogP contribution in [0.2, 0.25) is 0 Å². The second kappa shape index (κ2) is 6.24. The summed E-state index contributed by atoms with van der Waals surface area (Å²) in [5.74, 6) is 0.438. The molecule has 2 heterocycles. The normalized spacial score (nSPS) is 12.1. The Labute approximate surface area is 136 Å². The van der Waals surface area contributed by atoms with Gasteiger partial charge < -0.3 is 11.1 Å². The fourth-order valence-electron chi connectivity index (χ4n) is 2.19. The minimum atomic E-state index is -0.240. The lowest BCUT2D eigenvalue weighted by Gasteiger charge is -2.24. The number of nitrogen functional groups attached to an aromatic ring is 1. The van der Waals surface area contributed by atoms with Crippen LogP contribution in [-0.4, -0.2) is 16.4 Å². The van der Waals surface area contributed by atoms with Crippen molar-refractivity contribution < 1.29 is 4.79 Å². The first-order valence-corrected chi connectivity index (χ1v) is 8.55. The van der Waals surface area contributed by atoms with Crippen LogP contribution < -0.4 is 11.1 Å². The van der Waals surface area contributed by atoms with Crippen LogP contribution in [0.15, 0.2) is 12.1 Å². The predicted molar refractivity (Wildman–Crippen MR) is 94.4 cm³/mol. The van der Waals surface area contributed by atoms with Gasteiger partial charge in [0.25, 0.3) is 5.91 Å². The van der Waals surface area contributed by atoms with Gasteiger partial charge in [-0.15, -0.1) is 11.3 Å². The lowest BCUT2D eigenvalue weighted by molar-refractivity contribution is 0.0916. The third-order valence-corrected chi connectivity index (χ3v) is 4.92. The number of nitrogens with zero attached hydrogens (tertiary/aromatic N) is 1. The molecule has 0 spiro atoms. The maximum Gasteiger partial charge on any atom is 0.263 e. The molecule has 0 fully saturated rings. The van der Waals surface area contributed by atoms with Gasteiger partial charge in [-0.25, -0.2) is 4.98 Å². The van der Waals surface area contributed by atoms with E-state index in [-0.39, 0.29) is 11.4 Å². The monoisotopic (exact) mass is 319 g/mol. The summed E-state index contributed by atoms with van der Waals surface area (Å²) >= 11 is 1.38. The van der Waals surface area contributed by atoms with E-state index in [0.29, 0.717) is 16.5 Å². The number of fused-ring (bicyclic) bond motifs is 1. The molecule has 0 aromatic carbocycles. The number of pyridine rings is 1. The minimum absolute atomic E-state index is 0.113. The van der Waals surface area contributed by atoms with Crippen LogP contribution in [0.4, 0.5) is 5.69 Å². The number of aromatic nitrogens is 1. The zero-order chi connectivity index (χ0) is 16.5. The largest absolute Gasteiger partial charge is 0.397 e. The molecule has 0 aliphatic heterocycles. The summed E-state index contributed by atoms with van der Waals surface area (Å²) < 4.78 is 0. The summed E-state index contributed by atoms with van der Waals surface area (Å²) in [7, 11) is 0. The van der Waals surface area contributed by atoms with Crippen molar-refractivity contribution in [2.24, 2.45) is 5.92 Å². The van der Waals surface area contributed by atoms with Crippen LogP contribution in [0.1, 0.15) is 56.4 Å². The second-order valence-electron chi connectivity index (χ2n) is 6.79. The van der Waals surface area contributed by atoms with Crippen molar-refractivity contribution in [3.63, 3.8) is 0 Å². The van der Waals surface area contributed by atoms with Crippen LogP contribution in [0.25, 0.3) is 10.2 Å². The Balaban J connectivity index is 2.35. The molecule has 0 saturated heterocycles. The fourth-order valence-corrected chi connectivity index (χ4v) is 3.20. The van der Waals surface area contributed by atoms with Crippen LogP contribution >= 0.6 is 11.3 Å². The first-order valence-electron chi connectivity index (χ1n) is 7.74.